The molecule has 5 aromatic rings. The maximum Gasteiger partial charge on any atom is 0.174 e. The first-order chi connectivity index (χ1) is 15.4. The maximum atomic E-state index is 6.38. The lowest BCUT2D eigenvalue weighted by Gasteiger charge is -2.08. The van der Waals surface area contributed by atoms with E-state index in [0.29, 0.717) is 23.1 Å². The van der Waals surface area contributed by atoms with Gasteiger partial charge in [0, 0.05) is 34.9 Å². The van der Waals surface area contributed by atoms with E-state index >= 15 is 0 Å². The molecular formula is C26H27Cl2N3O2. The highest BCUT2D eigenvalue weighted by Gasteiger charge is 2.15. The van der Waals surface area contributed by atoms with Crippen molar-refractivity contribution in [2.24, 2.45) is 0 Å². The molecule has 3 heterocycles. The molecule has 0 atom stereocenters. The van der Waals surface area contributed by atoms with Crippen molar-refractivity contribution in [1.29, 1.82) is 0 Å². The second-order valence-electron chi connectivity index (χ2n) is 8.90. The quantitative estimate of drug-likeness (QED) is 0.273. The van der Waals surface area contributed by atoms with Crippen LogP contribution in [0.1, 0.15) is 42.4 Å². The second kappa shape index (κ2) is 9.26. The minimum atomic E-state index is 0. The predicted molar refractivity (Wildman–Crippen MR) is 137 cm³/mol. The van der Waals surface area contributed by atoms with Crippen molar-refractivity contribution in [2.75, 3.05) is 14.1 Å². The van der Waals surface area contributed by atoms with Crippen LogP contribution in [0.2, 0.25) is 5.02 Å². The summed E-state index contributed by atoms with van der Waals surface area (Å²) >= 11 is 6.38. The molecule has 5 rings (SSSR count). The number of imidazole rings is 1. The van der Waals surface area contributed by atoms with Gasteiger partial charge in [-0.15, -0.1) is 12.4 Å². The highest BCUT2D eigenvalue weighted by molar-refractivity contribution is 6.31. The van der Waals surface area contributed by atoms with E-state index in [1.807, 2.05) is 30.3 Å². The lowest BCUT2D eigenvalue weighted by Crippen LogP contribution is -2.10. The van der Waals surface area contributed by atoms with Crippen molar-refractivity contribution in [3.05, 3.63) is 76.2 Å². The molecule has 0 spiro atoms. The van der Waals surface area contributed by atoms with Gasteiger partial charge in [0.25, 0.3) is 0 Å². The van der Waals surface area contributed by atoms with E-state index in [0.717, 1.165) is 51.5 Å². The molecule has 0 aliphatic heterocycles. The van der Waals surface area contributed by atoms with Crippen LogP contribution in [0.3, 0.4) is 0 Å². The molecule has 2 aromatic carbocycles. The summed E-state index contributed by atoms with van der Waals surface area (Å²) in [6, 6.07) is 16.2. The van der Waals surface area contributed by atoms with Gasteiger partial charge in [0.2, 0.25) is 0 Å². The second-order valence-corrected chi connectivity index (χ2v) is 9.34. The first kappa shape index (κ1) is 23.4. The largest absolute Gasteiger partial charge is 0.461 e. The number of fused-ring (bicyclic) bond motifs is 2. The predicted octanol–water partition coefficient (Wildman–Crippen LogP) is 7.42. The molecule has 5 nitrogen and oxygen atoms in total. The fraction of sp³-hybridized carbons (Fsp3) is 0.269. The van der Waals surface area contributed by atoms with Crippen LogP contribution in [0.25, 0.3) is 33.6 Å². The van der Waals surface area contributed by atoms with Crippen LogP contribution < -0.4 is 0 Å². The molecule has 33 heavy (non-hydrogen) atoms. The van der Waals surface area contributed by atoms with Crippen molar-refractivity contribution in [3.8, 4) is 11.6 Å². The molecule has 0 fully saturated rings. The van der Waals surface area contributed by atoms with E-state index < -0.39 is 0 Å². The minimum Gasteiger partial charge on any atom is -0.461 e. The number of rotatable bonds is 6. The van der Waals surface area contributed by atoms with Crippen molar-refractivity contribution < 1.29 is 8.83 Å². The third kappa shape index (κ3) is 4.81. The van der Waals surface area contributed by atoms with Gasteiger partial charge in [0.1, 0.15) is 17.1 Å². The summed E-state index contributed by atoms with van der Waals surface area (Å²) in [5.41, 5.74) is 5.05. The molecule has 0 aliphatic carbocycles. The van der Waals surface area contributed by atoms with Crippen molar-refractivity contribution in [2.45, 2.75) is 32.7 Å². The minimum absolute atomic E-state index is 0. The molecule has 3 aromatic heterocycles. The zero-order valence-corrected chi connectivity index (χ0v) is 20.7. The number of aromatic nitrogens is 2. The smallest absolute Gasteiger partial charge is 0.174 e. The first-order valence-corrected chi connectivity index (χ1v) is 11.2. The van der Waals surface area contributed by atoms with E-state index in [9.17, 15) is 0 Å². The molecular weight excluding hydrogens is 457 g/mol. The number of furan rings is 2. The van der Waals surface area contributed by atoms with Crippen LogP contribution in [-0.2, 0) is 13.0 Å². The highest BCUT2D eigenvalue weighted by atomic mass is 35.5. The highest BCUT2D eigenvalue weighted by Crippen LogP contribution is 2.32. The molecule has 0 radical (unpaired) electrons. The number of hydrogen-bond acceptors (Lipinski definition) is 4. The van der Waals surface area contributed by atoms with Gasteiger partial charge in [-0.1, -0.05) is 31.5 Å². The Labute approximate surface area is 204 Å². The molecule has 172 valence electrons. The number of benzene rings is 2. The molecule has 0 saturated heterocycles. The molecule has 7 heteroatoms. The average Bonchev–Trinajstić information content (AvgIpc) is 3.44. The summed E-state index contributed by atoms with van der Waals surface area (Å²) in [6.07, 6.45) is 0.593. The van der Waals surface area contributed by atoms with Gasteiger partial charge in [0.05, 0.1) is 11.0 Å². The van der Waals surface area contributed by atoms with Gasteiger partial charge in [-0.2, -0.15) is 0 Å². The Hall–Kier alpha value is -2.73. The van der Waals surface area contributed by atoms with Crippen molar-refractivity contribution in [1.82, 2.24) is 14.9 Å². The molecule has 0 aliphatic rings. The number of nitrogens with zero attached hydrogens (tertiary/aromatic N) is 2. The Kier molecular flexibility index (Phi) is 6.57. The van der Waals surface area contributed by atoms with Gasteiger partial charge < -0.3 is 18.7 Å². The zero-order chi connectivity index (χ0) is 22.4. The topological polar surface area (TPSA) is 58.2 Å². The summed E-state index contributed by atoms with van der Waals surface area (Å²) in [5.74, 6) is 3.55. The normalized spacial score (nSPS) is 11.7. The van der Waals surface area contributed by atoms with Gasteiger partial charge in [-0.05, 0) is 62.1 Å². The Balaban J connectivity index is 0.00000259. The number of hydrogen-bond donors (Lipinski definition) is 1. The van der Waals surface area contributed by atoms with E-state index in [-0.39, 0.29) is 12.4 Å². The monoisotopic (exact) mass is 483 g/mol. The van der Waals surface area contributed by atoms with E-state index in [2.05, 4.69) is 56.0 Å². The Morgan fingerprint density at radius 3 is 2.61 bits per heavy atom. The van der Waals surface area contributed by atoms with Crippen LogP contribution >= 0.6 is 24.0 Å². The number of halogens is 2. The first-order valence-electron chi connectivity index (χ1n) is 10.8. The van der Waals surface area contributed by atoms with Gasteiger partial charge in [0.15, 0.2) is 11.6 Å². The van der Waals surface area contributed by atoms with Crippen molar-refractivity contribution >= 4 is 46.0 Å². The number of H-pyrrole nitrogens is 1. The zero-order valence-electron chi connectivity index (χ0n) is 19.1. The van der Waals surface area contributed by atoms with Crippen molar-refractivity contribution in [3.63, 3.8) is 0 Å². The van der Waals surface area contributed by atoms with E-state index in [4.69, 9.17) is 25.4 Å². The number of nitrogens with one attached hydrogen (secondary N) is 1. The standard InChI is InChI=1S/C26H26ClN3O2.ClH/c1-15(2)24-13-18-11-19(27)10-17(25(18)32-24)12-20-6-8-23(31-20)26-28-21-7-5-16(14-30(3)4)9-22(21)29-26;/h5-11,13,15H,12,14H2,1-4H3,(H,28,29);1H. The van der Waals surface area contributed by atoms with Gasteiger partial charge >= 0.3 is 0 Å². The van der Waals surface area contributed by atoms with Crippen LogP contribution in [-0.4, -0.2) is 29.0 Å². The fourth-order valence-electron chi connectivity index (χ4n) is 4.05. The maximum absolute atomic E-state index is 6.38. The summed E-state index contributed by atoms with van der Waals surface area (Å²) in [4.78, 5) is 10.2. The van der Waals surface area contributed by atoms with Crippen LogP contribution in [0.5, 0.6) is 0 Å². The summed E-state index contributed by atoms with van der Waals surface area (Å²) in [7, 11) is 4.13. The molecule has 0 saturated carbocycles. The molecule has 0 amide bonds. The molecule has 1 N–H and O–H groups in total. The third-order valence-electron chi connectivity index (χ3n) is 5.55. The molecule has 0 bridgehead atoms. The lowest BCUT2D eigenvalue weighted by atomic mass is 10.1. The summed E-state index contributed by atoms with van der Waals surface area (Å²) in [6.45, 7) is 5.12. The van der Waals surface area contributed by atoms with Crippen LogP contribution in [0.4, 0.5) is 0 Å². The third-order valence-corrected chi connectivity index (χ3v) is 5.77. The Bertz CT molecular complexity index is 1410. The van der Waals surface area contributed by atoms with E-state index in [1.54, 1.807) is 0 Å². The SMILES string of the molecule is CC(C)c1cc2cc(Cl)cc(Cc3ccc(-c4nc5ccc(CN(C)C)cc5[nH]4)o3)c2o1.Cl. The summed E-state index contributed by atoms with van der Waals surface area (Å²) in [5, 5.41) is 1.72. The molecule has 0 unspecified atom stereocenters. The summed E-state index contributed by atoms with van der Waals surface area (Å²) < 4.78 is 12.3. The van der Waals surface area contributed by atoms with Gasteiger partial charge in [-0.3, -0.25) is 0 Å². The Morgan fingerprint density at radius 1 is 1.03 bits per heavy atom. The van der Waals surface area contributed by atoms with E-state index in [1.165, 1.54) is 5.56 Å². The van der Waals surface area contributed by atoms with Gasteiger partial charge in [-0.25, -0.2) is 4.98 Å². The average molecular weight is 484 g/mol. The lowest BCUT2D eigenvalue weighted by molar-refractivity contribution is 0.402. The van der Waals surface area contributed by atoms with Crippen LogP contribution in [0.15, 0.2) is 57.4 Å². The fourth-order valence-corrected chi connectivity index (χ4v) is 4.30. The Morgan fingerprint density at radius 2 is 1.85 bits per heavy atom. The van der Waals surface area contributed by atoms with Crippen LogP contribution in [0, 0.1) is 0 Å². The number of aromatic amines is 1.